The Bertz CT molecular complexity index is 1060. The van der Waals surface area contributed by atoms with Crippen molar-refractivity contribution < 1.29 is 13.2 Å². The third kappa shape index (κ3) is 3.45. The summed E-state index contributed by atoms with van der Waals surface area (Å²) >= 11 is 0. The Hall–Kier alpha value is -2.54. The summed E-state index contributed by atoms with van der Waals surface area (Å²) in [6.07, 6.45) is -2.19. The quantitative estimate of drug-likeness (QED) is 0.678. The standard InChI is InChI=1S/C23H25F3N4/c1-29-17(11-15-5-2-3-6-20(15)29)12-27-19-10-9-16-13-30(14-18(16)19)22-8-4-7-21(28-22)23(24,25)26/h2-8,11,16,18-19,27H,9-10,12-14H2,1H3. The average molecular weight is 414 g/mol. The first kappa shape index (κ1) is 19.4. The van der Waals surface area contributed by atoms with Crippen LogP contribution in [-0.2, 0) is 19.8 Å². The predicted octanol–water partition coefficient (Wildman–Crippen LogP) is 4.60. The van der Waals surface area contributed by atoms with Gasteiger partial charge in [-0.1, -0.05) is 24.3 Å². The monoisotopic (exact) mass is 414 g/mol. The Kier molecular flexibility index (Phi) is 4.73. The summed E-state index contributed by atoms with van der Waals surface area (Å²) in [7, 11) is 2.09. The van der Waals surface area contributed by atoms with Gasteiger partial charge in [0.05, 0.1) is 0 Å². The zero-order chi connectivity index (χ0) is 20.9. The van der Waals surface area contributed by atoms with Crippen LogP contribution in [0.15, 0.2) is 48.5 Å². The lowest BCUT2D eigenvalue weighted by molar-refractivity contribution is -0.141. The summed E-state index contributed by atoms with van der Waals surface area (Å²) in [6.45, 7) is 2.33. The molecule has 5 rings (SSSR count). The first-order valence-corrected chi connectivity index (χ1v) is 10.5. The molecule has 2 aliphatic rings. The van der Waals surface area contributed by atoms with E-state index in [-0.39, 0.29) is 0 Å². The highest BCUT2D eigenvalue weighted by atomic mass is 19.4. The van der Waals surface area contributed by atoms with E-state index in [1.807, 2.05) is 4.90 Å². The van der Waals surface area contributed by atoms with Gasteiger partial charge >= 0.3 is 6.18 Å². The molecule has 30 heavy (non-hydrogen) atoms. The molecule has 1 saturated heterocycles. The molecule has 2 fully saturated rings. The van der Waals surface area contributed by atoms with E-state index < -0.39 is 11.9 Å². The van der Waals surface area contributed by atoms with Crippen LogP contribution < -0.4 is 10.2 Å². The molecule has 4 nitrogen and oxygen atoms in total. The molecule has 3 aromatic rings. The first-order valence-electron chi connectivity index (χ1n) is 10.5. The molecule has 0 radical (unpaired) electrons. The number of aromatic nitrogens is 2. The molecule has 0 bridgehead atoms. The first-order chi connectivity index (χ1) is 14.4. The average Bonchev–Trinajstić information content (AvgIpc) is 3.40. The second-order valence-corrected chi connectivity index (χ2v) is 8.53. The van der Waals surface area contributed by atoms with Gasteiger partial charge in [-0.25, -0.2) is 4.98 Å². The fourth-order valence-corrected chi connectivity index (χ4v) is 5.21. The van der Waals surface area contributed by atoms with Crippen LogP contribution in [0, 0.1) is 11.8 Å². The number of hydrogen-bond acceptors (Lipinski definition) is 3. The smallest absolute Gasteiger partial charge is 0.356 e. The van der Waals surface area contributed by atoms with E-state index >= 15 is 0 Å². The SMILES string of the molecule is Cn1c(CNC2CCC3CN(c4cccc(C(F)(F)F)n4)CC32)cc2ccccc21. The van der Waals surface area contributed by atoms with E-state index in [9.17, 15) is 13.2 Å². The Balaban J connectivity index is 1.27. The van der Waals surface area contributed by atoms with Crippen molar-refractivity contribution in [2.45, 2.75) is 31.6 Å². The molecule has 7 heteroatoms. The van der Waals surface area contributed by atoms with Gasteiger partial charge in [0.2, 0.25) is 0 Å². The number of halogens is 3. The number of alkyl halides is 3. The van der Waals surface area contributed by atoms with Crippen LogP contribution in [0.3, 0.4) is 0 Å². The Morgan fingerprint density at radius 1 is 1.07 bits per heavy atom. The van der Waals surface area contributed by atoms with E-state index in [1.165, 1.54) is 22.7 Å². The minimum atomic E-state index is -4.41. The number of fused-ring (bicyclic) bond motifs is 2. The van der Waals surface area contributed by atoms with Crippen LogP contribution in [0.4, 0.5) is 19.0 Å². The van der Waals surface area contributed by atoms with Gasteiger partial charge in [-0.05, 0) is 54.3 Å². The zero-order valence-corrected chi connectivity index (χ0v) is 16.9. The van der Waals surface area contributed by atoms with Gasteiger partial charge in [0.1, 0.15) is 11.5 Å². The van der Waals surface area contributed by atoms with Gasteiger partial charge < -0.3 is 14.8 Å². The van der Waals surface area contributed by atoms with Crippen molar-refractivity contribution in [3.8, 4) is 0 Å². The van der Waals surface area contributed by atoms with Crippen LogP contribution in [0.5, 0.6) is 0 Å². The maximum absolute atomic E-state index is 13.0. The number of nitrogens with one attached hydrogen (secondary N) is 1. The number of nitrogens with zero attached hydrogens (tertiary/aromatic N) is 3. The maximum atomic E-state index is 13.0. The summed E-state index contributed by atoms with van der Waals surface area (Å²) < 4.78 is 41.3. The van der Waals surface area contributed by atoms with Crippen LogP contribution in [0.1, 0.15) is 24.2 Å². The summed E-state index contributed by atoms with van der Waals surface area (Å²) in [5, 5.41) is 4.97. The number of para-hydroxylation sites is 1. The van der Waals surface area contributed by atoms with Crippen LogP contribution in [0.2, 0.25) is 0 Å². The fraction of sp³-hybridized carbons (Fsp3) is 0.435. The van der Waals surface area contributed by atoms with E-state index in [0.29, 0.717) is 23.7 Å². The van der Waals surface area contributed by atoms with Gasteiger partial charge in [0.25, 0.3) is 0 Å². The summed E-state index contributed by atoms with van der Waals surface area (Å²) in [5.41, 5.74) is 1.65. The lowest BCUT2D eigenvalue weighted by Gasteiger charge is -2.23. The summed E-state index contributed by atoms with van der Waals surface area (Å²) in [6, 6.07) is 15.1. The molecule has 1 aliphatic carbocycles. The van der Waals surface area contributed by atoms with E-state index in [1.54, 1.807) is 6.07 Å². The number of hydrogen-bond donors (Lipinski definition) is 1. The van der Waals surface area contributed by atoms with Gasteiger partial charge in [-0.3, -0.25) is 0 Å². The lowest BCUT2D eigenvalue weighted by atomic mass is 9.98. The third-order valence-electron chi connectivity index (χ3n) is 6.80. The minimum Gasteiger partial charge on any atom is -0.356 e. The maximum Gasteiger partial charge on any atom is 0.433 e. The van der Waals surface area contributed by atoms with Gasteiger partial charge in [-0.15, -0.1) is 0 Å². The second kappa shape index (κ2) is 7.30. The number of benzene rings is 1. The number of aryl methyl sites for hydroxylation is 1. The van der Waals surface area contributed by atoms with Gasteiger partial charge in [0.15, 0.2) is 0 Å². The molecular formula is C23H25F3N4. The predicted molar refractivity (Wildman–Crippen MR) is 111 cm³/mol. The fourth-order valence-electron chi connectivity index (χ4n) is 5.21. The van der Waals surface area contributed by atoms with Crippen molar-refractivity contribution in [2.75, 3.05) is 18.0 Å². The summed E-state index contributed by atoms with van der Waals surface area (Å²) in [4.78, 5) is 5.91. The molecule has 0 amide bonds. The Morgan fingerprint density at radius 2 is 1.90 bits per heavy atom. The molecule has 0 spiro atoms. The van der Waals surface area contributed by atoms with E-state index in [2.05, 4.69) is 52.2 Å². The Labute approximate surface area is 173 Å². The van der Waals surface area contributed by atoms with Crippen molar-refractivity contribution in [1.29, 1.82) is 0 Å². The lowest BCUT2D eigenvalue weighted by Crippen LogP contribution is -2.36. The Morgan fingerprint density at radius 3 is 2.70 bits per heavy atom. The highest BCUT2D eigenvalue weighted by molar-refractivity contribution is 5.81. The molecule has 3 unspecified atom stereocenters. The molecule has 3 heterocycles. The van der Waals surface area contributed by atoms with Crippen molar-refractivity contribution in [3.63, 3.8) is 0 Å². The largest absolute Gasteiger partial charge is 0.433 e. The molecule has 1 aliphatic heterocycles. The van der Waals surface area contributed by atoms with Crippen molar-refractivity contribution in [1.82, 2.24) is 14.9 Å². The highest BCUT2D eigenvalue weighted by Gasteiger charge is 2.43. The zero-order valence-electron chi connectivity index (χ0n) is 16.9. The molecular weight excluding hydrogens is 389 g/mol. The molecule has 1 saturated carbocycles. The summed E-state index contributed by atoms with van der Waals surface area (Å²) in [5.74, 6) is 1.38. The van der Waals surface area contributed by atoms with Gasteiger partial charge in [0, 0.05) is 43.9 Å². The normalized spacial score (nSPS) is 24.0. The number of pyridine rings is 1. The van der Waals surface area contributed by atoms with Crippen molar-refractivity contribution in [2.24, 2.45) is 18.9 Å². The van der Waals surface area contributed by atoms with Crippen LogP contribution in [-0.4, -0.2) is 28.7 Å². The van der Waals surface area contributed by atoms with Crippen LogP contribution >= 0.6 is 0 Å². The topological polar surface area (TPSA) is 33.1 Å². The van der Waals surface area contributed by atoms with Crippen LogP contribution in [0.25, 0.3) is 10.9 Å². The van der Waals surface area contributed by atoms with Crippen molar-refractivity contribution >= 4 is 16.7 Å². The third-order valence-corrected chi connectivity index (χ3v) is 6.80. The van der Waals surface area contributed by atoms with E-state index in [0.717, 1.165) is 38.5 Å². The highest BCUT2D eigenvalue weighted by Crippen LogP contribution is 2.40. The molecule has 1 aromatic carbocycles. The molecule has 158 valence electrons. The molecule has 1 N–H and O–H groups in total. The number of rotatable bonds is 4. The minimum absolute atomic E-state index is 0.379. The van der Waals surface area contributed by atoms with E-state index in [4.69, 9.17) is 0 Å². The van der Waals surface area contributed by atoms with Gasteiger partial charge in [-0.2, -0.15) is 13.2 Å². The van der Waals surface area contributed by atoms with Crippen molar-refractivity contribution in [3.05, 3.63) is 59.9 Å². The second-order valence-electron chi connectivity index (χ2n) is 8.53. The molecule has 3 atom stereocenters. The number of anilines is 1. The molecule has 2 aromatic heterocycles.